The summed E-state index contributed by atoms with van der Waals surface area (Å²) in [6, 6.07) is 18.8. The number of fused-ring (bicyclic) bond motifs is 1. The van der Waals surface area contributed by atoms with E-state index >= 15 is 0 Å². The molecule has 0 spiro atoms. The van der Waals surface area contributed by atoms with E-state index in [0.717, 1.165) is 29.7 Å². The van der Waals surface area contributed by atoms with Crippen molar-refractivity contribution in [1.29, 1.82) is 0 Å². The zero-order valence-electron chi connectivity index (χ0n) is 21.5. The molecule has 3 aromatic carbocycles. The first-order valence-electron chi connectivity index (χ1n) is 12.2. The number of benzene rings is 3. The Hall–Kier alpha value is -3.40. The lowest BCUT2D eigenvalue weighted by atomic mass is 9.62. The number of carbonyl (C=O) groups excluding carboxylic acids is 2. The summed E-state index contributed by atoms with van der Waals surface area (Å²) in [6.07, 6.45) is 2.27. The zero-order valence-corrected chi connectivity index (χ0v) is 21.5. The number of rotatable bonds is 6. The van der Waals surface area contributed by atoms with E-state index in [0.29, 0.717) is 17.7 Å². The van der Waals surface area contributed by atoms with Crippen LogP contribution in [0.2, 0.25) is 0 Å². The van der Waals surface area contributed by atoms with Crippen LogP contribution in [0.1, 0.15) is 84.9 Å². The molecule has 0 atom stereocenters. The van der Waals surface area contributed by atoms with Crippen LogP contribution in [-0.4, -0.2) is 25.5 Å². The highest BCUT2D eigenvalue weighted by atomic mass is 16.5. The highest BCUT2D eigenvalue weighted by molar-refractivity contribution is 6.14. The number of carbonyl (C=O) groups is 2. The van der Waals surface area contributed by atoms with Crippen LogP contribution in [0, 0.1) is 0 Å². The maximum atomic E-state index is 13.2. The predicted octanol–water partition coefficient (Wildman–Crippen LogP) is 7.12. The minimum atomic E-state index is -0.522. The molecule has 0 amide bonds. The van der Waals surface area contributed by atoms with Crippen molar-refractivity contribution in [2.75, 3.05) is 13.7 Å². The van der Waals surface area contributed by atoms with Gasteiger partial charge in [-0.15, -0.1) is 0 Å². The number of hydrogen-bond donors (Lipinski definition) is 0. The fourth-order valence-electron chi connectivity index (χ4n) is 5.02. The molecule has 35 heavy (non-hydrogen) atoms. The number of ether oxygens (including phenoxy) is 2. The fraction of sp³-hybridized carbons (Fsp3) is 0.355. The molecule has 0 heterocycles. The molecular weight excluding hydrogens is 436 g/mol. The summed E-state index contributed by atoms with van der Waals surface area (Å²) in [7, 11) is 1.31. The predicted molar refractivity (Wildman–Crippen MR) is 140 cm³/mol. The summed E-state index contributed by atoms with van der Waals surface area (Å²) in [6.45, 7) is 11.8. The van der Waals surface area contributed by atoms with E-state index < -0.39 is 5.97 Å². The highest BCUT2D eigenvalue weighted by Crippen LogP contribution is 2.49. The van der Waals surface area contributed by atoms with Crippen LogP contribution in [0.15, 0.2) is 60.7 Å². The standard InChI is InChI=1S/C31H34O4/c1-7-35-27-19-26-25(30(2,3)16-17-31(26,4)5)18-24(27)20-12-14-21(15-13-20)28(32)22-10-8-9-11-23(22)29(33)34-6/h8-15,18-19H,7,16-17H2,1-6H3. The Morgan fingerprint density at radius 3 is 1.97 bits per heavy atom. The van der Waals surface area contributed by atoms with Crippen LogP contribution in [0.3, 0.4) is 0 Å². The average molecular weight is 471 g/mol. The van der Waals surface area contributed by atoms with Crippen molar-refractivity contribution in [3.63, 3.8) is 0 Å². The summed E-state index contributed by atoms with van der Waals surface area (Å²) in [5, 5.41) is 0. The molecule has 182 valence electrons. The van der Waals surface area contributed by atoms with Crippen LogP contribution in [0.25, 0.3) is 11.1 Å². The molecule has 0 saturated heterocycles. The summed E-state index contributed by atoms with van der Waals surface area (Å²) in [5.41, 5.74) is 6.03. The van der Waals surface area contributed by atoms with Gasteiger partial charge in [-0.05, 0) is 65.5 Å². The second-order valence-electron chi connectivity index (χ2n) is 10.5. The van der Waals surface area contributed by atoms with Crippen molar-refractivity contribution in [2.45, 2.75) is 58.3 Å². The van der Waals surface area contributed by atoms with Crippen molar-refractivity contribution in [3.8, 4) is 16.9 Å². The Morgan fingerprint density at radius 2 is 1.40 bits per heavy atom. The Bertz CT molecular complexity index is 1270. The van der Waals surface area contributed by atoms with Crippen LogP contribution < -0.4 is 4.74 Å². The third kappa shape index (κ3) is 4.62. The number of ketones is 1. The SMILES string of the molecule is CCOc1cc2c(cc1-c1ccc(C(=O)c3ccccc3C(=O)OC)cc1)C(C)(C)CCC2(C)C. The van der Waals surface area contributed by atoms with Gasteiger partial charge < -0.3 is 9.47 Å². The molecule has 4 rings (SSSR count). The van der Waals surface area contributed by atoms with Gasteiger partial charge in [0.1, 0.15) is 5.75 Å². The zero-order chi connectivity index (χ0) is 25.4. The molecule has 0 fully saturated rings. The van der Waals surface area contributed by atoms with E-state index in [9.17, 15) is 9.59 Å². The molecule has 1 aliphatic rings. The molecule has 0 N–H and O–H groups in total. The molecule has 4 nitrogen and oxygen atoms in total. The van der Waals surface area contributed by atoms with E-state index in [1.54, 1.807) is 24.3 Å². The van der Waals surface area contributed by atoms with Gasteiger partial charge >= 0.3 is 5.97 Å². The second kappa shape index (κ2) is 9.33. The van der Waals surface area contributed by atoms with Crippen molar-refractivity contribution in [3.05, 3.63) is 88.5 Å². The molecule has 0 aromatic heterocycles. The summed E-state index contributed by atoms with van der Waals surface area (Å²) >= 11 is 0. The number of hydrogen-bond acceptors (Lipinski definition) is 4. The molecule has 0 saturated carbocycles. The van der Waals surface area contributed by atoms with Gasteiger partial charge in [0.15, 0.2) is 5.78 Å². The van der Waals surface area contributed by atoms with Crippen molar-refractivity contribution >= 4 is 11.8 Å². The van der Waals surface area contributed by atoms with Gasteiger partial charge in [-0.1, -0.05) is 70.2 Å². The maximum Gasteiger partial charge on any atom is 0.338 e. The van der Waals surface area contributed by atoms with Gasteiger partial charge in [0.25, 0.3) is 0 Å². The van der Waals surface area contributed by atoms with Crippen LogP contribution in [0.5, 0.6) is 5.75 Å². The maximum absolute atomic E-state index is 13.2. The Kier molecular flexibility index (Phi) is 6.59. The van der Waals surface area contributed by atoms with Gasteiger partial charge in [0.05, 0.1) is 19.3 Å². The lowest BCUT2D eigenvalue weighted by molar-refractivity contribution is 0.0597. The normalized spacial score (nSPS) is 15.7. The lowest BCUT2D eigenvalue weighted by Crippen LogP contribution is -2.33. The van der Waals surface area contributed by atoms with E-state index in [1.807, 2.05) is 31.2 Å². The summed E-state index contributed by atoms with van der Waals surface area (Å²) in [5.74, 6) is 0.134. The Morgan fingerprint density at radius 1 is 0.829 bits per heavy atom. The second-order valence-corrected chi connectivity index (χ2v) is 10.5. The van der Waals surface area contributed by atoms with Crippen LogP contribution in [0.4, 0.5) is 0 Å². The molecule has 0 unspecified atom stereocenters. The topological polar surface area (TPSA) is 52.6 Å². The largest absolute Gasteiger partial charge is 0.493 e. The van der Waals surface area contributed by atoms with Gasteiger partial charge in [0, 0.05) is 16.7 Å². The minimum absolute atomic E-state index is 0.0812. The highest BCUT2D eigenvalue weighted by Gasteiger charge is 2.38. The average Bonchev–Trinajstić information content (AvgIpc) is 2.86. The first-order valence-corrected chi connectivity index (χ1v) is 12.2. The molecule has 0 aliphatic heterocycles. The molecule has 3 aromatic rings. The van der Waals surface area contributed by atoms with Gasteiger partial charge in [-0.25, -0.2) is 4.79 Å². The molecule has 4 heteroatoms. The van der Waals surface area contributed by atoms with E-state index in [4.69, 9.17) is 9.47 Å². The van der Waals surface area contributed by atoms with Crippen molar-refractivity contribution < 1.29 is 19.1 Å². The number of esters is 1. The van der Waals surface area contributed by atoms with Gasteiger partial charge in [0.2, 0.25) is 0 Å². The minimum Gasteiger partial charge on any atom is -0.493 e. The van der Waals surface area contributed by atoms with Crippen molar-refractivity contribution in [2.24, 2.45) is 0 Å². The third-order valence-corrected chi connectivity index (χ3v) is 7.29. The smallest absolute Gasteiger partial charge is 0.338 e. The Labute approximate surface area is 208 Å². The lowest BCUT2D eigenvalue weighted by Gasteiger charge is -2.42. The first-order chi connectivity index (χ1) is 16.6. The Balaban J connectivity index is 1.76. The van der Waals surface area contributed by atoms with Crippen molar-refractivity contribution in [1.82, 2.24) is 0 Å². The summed E-state index contributed by atoms with van der Waals surface area (Å²) in [4.78, 5) is 25.4. The van der Waals surface area contributed by atoms with Gasteiger partial charge in [-0.2, -0.15) is 0 Å². The van der Waals surface area contributed by atoms with E-state index in [-0.39, 0.29) is 22.2 Å². The monoisotopic (exact) mass is 470 g/mol. The summed E-state index contributed by atoms with van der Waals surface area (Å²) < 4.78 is 10.9. The molecule has 1 aliphatic carbocycles. The molecular formula is C31H34O4. The quantitative estimate of drug-likeness (QED) is 0.284. The van der Waals surface area contributed by atoms with E-state index in [2.05, 4.69) is 39.8 Å². The van der Waals surface area contributed by atoms with Crippen LogP contribution in [-0.2, 0) is 15.6 Å². The third-order valence-electron chi connectivity index (χ3n) is 7.29. The van der Waals surface area contributed by atoms with Crippen LogP contribution >= 0.6 is 0 Å². The first kappa shape index (κ1) is 24.7. The van der Waals surface area contributed by atoms with Gasteiger partial charge in [-0.3, -0.25) is 4.79 Å². The molecule has 0 radical (unpaired) electrons. The molecule has 0 bridgehead atoms. The van der Waals surface area contributed by atoms with E-state index in [1.165, 1.54) is 18.2 Å². The number of methoxy groups -OCH3 is 1. The fourth-order valence-corrected chi connectivity index (χ4v) is 5.02.